The van der Waals surface area contributed by atoms with Crippen LogP contribution in [0.15, 0.2) is 34.5 Å². The quantitative estimate of drug-likeness (QED) is 0.850. The molecule has 0 fully saturated rings. The van der Waals surface area contributed by atoms with Gasteiger partial charge in [0.25, 0.3) is 0 Å². The molecule has 1 N–H and O–H groups in total. The summed E-state index contributed by atoms with van der Waals surface area (Å²) in [6.45, 7) is 3.73. The fourth-order valence-corrected chi connectivity index (χ4v) is 3.76. The molecule has 0 saturated carbocycles. The van der Waals surface area contributed by atoms with E-state index in [1.807, 2.05) is 38.1 Å². The molecule has 1 aromatic carbocycles. The van der Waals surface area contributed by atoms with Gasteiger partial charge in [0.15, 0.2) is 4.21 Å². The second-order valence-corrected chi connectivity index (χ2v) is 6.72. The zero-order chi connectivity index (χ0) is 12.6. The Morgan fingerprint density at radius 2 is 1.76 bits per heavy atom. The van der Waals surface area contributed by atoms with Crippen LogP contribution in [-0.4, -0.2) is 13.0 Å². The van der Waals surface area contributed by atoms with Crippen LogP contribution in [0.2, 0.25) is 0 Å². The van der Waals surface area contributed by atoms with Gasteiger partial charge in [-0.05, 0) is 31.0 Å². The summed E-state index contributed by atoms with van der Waals surface area (Å²) < 4.78 is 31.9. The summed E-state index contributed by atoms with van der Waals surface area (Å²) >= 11 is 1.09. The van der Waals surface area contributed by atoms with Crippen LogP contribution in [0, 0.1) is 13.8 Å². The minimum atomic E-state index is -4.16. The second kappa shape index (κ2) is 4.25. The average Bonchev–Trinajstić information content (AvgIpc) is 2.60. The molecule has 90 valence electrons. The SMILES string of the molecule is Cc1cc(-c2ccccc2C)c(S(=O)(=O)O)s1. The van der Waals surface area contributed by atoms with Crippen LogP contribution >= 0.6 is 11.3 Å². The first-order valence-corrected chi connectivity index (χ1v) is 7.29. The molecule has 0 radical (unpaired) electrons. The lowest BCUT2D eigenvalue weighted by Crippen LogP contribution is -1.97. The Morgan fingerprint density at radius 3 is 2.35 bits per heavy atom. The number of benzene rings is 1. The van der Waals surface area contributed by atoms with Crippen molar-refractivity contribution in [2.75, 3.05) is 0 Å². The Balaban J connectivity index is 2.73. The summed E-state index contributed by atoms with van der Waals surface area (Å²) in [5.41, 5.74) is 2.40. The van der Waals surface area contributed by atoms with Crippen molar-refractivity contribution in [1.82, 2.24) is 0 Å². The largest absolute Gasteiger partial charge is 0.304 e. The maximum Gasteiger partial charge on any atom is 0.304 e. The molecule has 0 unspecified atom stereocenters. The van der Waals surface area contributed by atoms with E-state index in [-0.39, 0.29) is 4.21 Å². The van der Waals surface area contributed by atoms with E-state index in [1.165, 1.54) is 0 Å². The highest BCUT2D eigenvalue weighted by Gasteiger charge is 2.20. The van der Waals surface area contributed by atoms with Crippen molar-refractivity contribution < 1.29 is 13.0 Å². The lowest BCUT2D eigenvalue weighted by atomic mass is 10.0. The standard InChI is InChI=1S/C12H12O3S2/c1-8-5-3-4-6-10(8)11-7-9(2)16-12(11)17(13,14)15/h3-7H,1-2H3,(H,13,14,15). The lowest BCUT2D eigenvalue weighted by molar-refractivity contribution is 0.486. The number of hydrogen-bond acceptors (Lipinski definition) is 3. The topological polar surface area (TPSA) is 54.4 Å². The summed E-state index contributed by atoms with van der Waals surface area (Å²) in [6.07, 6.45) is 0. The summed E-state index contributed by atoms with van der Waals surface area (Å²) in [7, 11) is -4.16. The van der Waals surface area contributed by atoms with E-state index in [4.69, 9.17) is 0 Å². The third-order valence-corrected chi connectivity index (χ3v) is 4.91. The lowest BCUT2D eigenvalue weighted by Gasteiger charge is -2.04. The molecule has 0 atom stereocenters. The van der Waals surface area contributed by atoms with Crippen molar-refractivity contribution in [3.05, 3.63) is 40.8 Å². The minimum absolute atomic E-state index is 0.0179. The predicted octanol–water partition coefficient (Wildman–Crippen LogP) is 3.28. The van der Waals surface area contributed by atoms with E-state index in [0.717, 1.165) is 27.3 Å². The summed E-state index contributed by atoms with van der Waals surface area (Å²) in [5, 5.41) is 0. The molecule has 17 heavy (non-hydrogen) atoms. The van der Waals surface area contributed by atoms with Gasteiger partial charge in [-0.2, -0.15) is 8.42 Å². The molecule has 3 nitrogen and oxygen atoms in total. The van der Waals surface area contributed by atoms with Crippen molar-refractivity contribution in [3.63, 3.8) is 0 Å². The highest BCUT2D eigenvalue weighted by Crippen LogP contribution is 2.36. The molecule has 0 saturated heterocycles. The molecular formula is C12H12O3S2. The molecule has 0 amide bonds. The van der Waals surface area contributed by atoms with Gasteiger partial charge in [0, 0.05) is 10.4 Å². The minimum Gasteiger partial charge on any atom is -0.281 e. The van der Waals surface area contributed by atoms with Gasteiger partial charge in [-0.3, -0.25) is 4.55 Å². The Bertz CT molecular complexity index is 654. The van der Waals surface area contributed by atoms with E-state index in [1.54, 1.807) is 6.07 Å². The molecule has 1 heterocycles. The Labute approximate surface area is 104 Å². The fourth-order valence-electron chi connectivity index (χ4n) is 1.75. The Kier molecular flexibility index (Phi) is 3.07. The van der Waals surface area contributed by atoms with E-state index in [9.17, 15) is 13.0 Å². The van der Waals surface area contributed by atoms with Gasteiger partial charge in [-0.1, -0.05) is 24.3 Å². The van der Waals surface area contributed by atoms with E-state index in [2.05, 4.69) is 0 Å². The van der Waals surface area contributed by atoms with Crippen molar-refractivity contribution in [1.29, 1.82) is 0 Å². The van der Waals surface area contributed by atoms with Crippen LogP contribution in [-0.2, 0) is 10.1 Å². The first kappa shape index (κ1) is 12.3. The van der Waals surface area contributed by atoms with Crippen LogP contribution in [0.1, 0.15) is 10.4 Å². The molecule has 0 bridgehead atoms. The van der Waals surface area contributed by atoms with Crippen LogP contribution < -0.4 is 0 Å². The van der Waals surface area contributed by atoms with Crippen molar-refractivity contribution >= 4 is 21.5 Å². The van der Waals surface area contributed by atoms with Crippen LogP contribution in [0.3, 0.4) is 0 Å². The second-order valence-electron chi connectivity index (χ2n) is 3.85. The smallest absolute Gasteiger partial charge is 0.281 e. The highest BCUT2D eigenvalue weighted by atomic mass is 32.3. The Morgan fingerprint density at radius 1 is 1.12 bits per heavy atom. The molecular weight excluding hydrogens is 256 g/mol. The molecule has 2 aromatic rings. The van der Waals surface area contributed by atoms with E-state index in [0.29, 0.717) is 5.56 Å². The van der Waals surface area contributed by atoms with Gasteiger partial charge >= 0.3 is 10.1 Å². The van der Waals surface area contributed by atoms with Crippen molar-refractivity contribution in [3.8, 4) is 11.1 Å². The van der Waals surface area contributed by atoms with Crippen molar-refractivity contribution in [2.24, 2.45) is 0 Å². The van der Waals surface area contributed by atoms with E-state index >= 15 is 0 Å². The van der Waals surface area contributed by atoms with Crippen LogP contribution in [0.4, 0.5) is 0 Å². The third-order valence-electron chi connectivity index (χ3n) is 2.49. The third kappa shape index (κ3) is 2.41. The fraction of sp³-hybridized carbons (Fsp3) is 0.167. The van der Waals surface area contributed by atoms with E-state index < -0.39 is 10.1 Å². The number of thiophene rings is 1. The zero-order valence-electron chi connectivity index (χ0n) is 9.47. The number of hydrogen-bond donors (Lipinski definition) is 1. The molecule has 0 aliphatic carbocycles. The molecule has 2 rings (SSSR count). The van der Waals surface area contributed by atoms with Crippen molar-refractivity contribution in [2.45, 2.75) is 18.1 Å². The number of aryl methyl sites for hydroxylation is 2. The van der Waals surface area contributed by atoms with Gasteiger partial charge in [0.2, 0.25) is 0 Å². The van der Waals surface area contributed by atoms with Gasteiger partial charge in [-0.25, -0.2) is 0 Å². The monoisotopic (exact) mass is 268 g/mol. The summed E-state index contributed by atoms with van der Waals surface area (Å²) in [4.78, 5) is 0.857. The predicted molar refractivity (Wildman–Crippen MR) is 69.0 cm³/mol. The van der Waals surface area contributed by atoms with Gasteiger partial charge in [0.05, 0.1) is 0 Å². The average molecular weight is 268 g/mol. The Hall–Kier alpha value is -1.17. The molecule has 0 spiro atoms. The van der Waals surface area contributed by atoms with Gasteiger partial charge in [-0.15, -0.1) is 11.3 Å². The van der Waals surface area contributed by atoms with Crippen LogP contribution in [0.25, 0.3) is 11.1 Å². The summed E-state index contributed by atoms with van der Waals surface area (Å²) in [5.74, 6) is 0. The molecule has 0 aliphatic rings. The number of rotatable bonds is 2. The maximum atomic E-state index is 11.3. The normalized spacial score (nSPS) is 11.7. The first-order valence-electron chi connectivity index (χ1n) is 5.03. The molecule has 0 aliphatic heterocycles. The van der Waals surface area contributed by atoms with Gasteiger partial charge < -0.3 is 0 Å². The summed E-state index contributed by atoms with van der Waals surface area (Å²) in [6, 6.07) is 9.30. The van der Waals surface area contributed by atoms with Crippen LogP contribution in [0.5, 0.6) is 0 Å². The highest BCUT2D eigenvalue weighted by molar-refractivity contribution is 7.88. The molecule has 1 aromatic heterocycles. The first-order chi connectivity index (χ1) is 7.89. The molecule has 5 heteroatoms. The zero-order valence-corrected chi connectivity index (χ0v) is 11.1. The van der Waals surface area contributed by atoms with Gasteiger partial charge in [0.1, 0.15) is 0 Å². The maximum absolute atomic E-state index is 11.3.